The molecule has 0 radical (unpaired) electrons. The van der Waals surface area contributed by atoms with Crippen LogP contribution in [-0.4, -0.2) is 37.8 Å². The van der Waals surface area contributed by atoms with Gasteiger partial charge in [0.15, 0.2) is 16.7 Å². The van der Waals surface area contributed by atoms with Gasteiger partial charge in [-0.25, -0.2) is 4.98 Å². The van der Waals surface area contributed by atoms with Crippen LogP contribution in [0.4, 0.5) is 5.69 Å². The first-order valence-electron chi connectivity index (χ1n) is 10.3. The average molecular weight is 465 g/mol. The maximum absolute atomic E-state index is 10.8. The summed E-state index contributed by atoms with van der Waals surface area (Å²) in [6.07, 6.45) is 1.84. The summed E-state index contributed by atoms with van der Waals surface area (Å²) in [7, 11) is 0. The number of hydrogen-bond acceptors (Lipinski definition) is 9. The lowest BCUT2D eigenvalue weighted by Gasteiger charge is -2.19. The minimum atomic E-state index is -0.447. The number of rotatable bonds is 7. The lowest BCUT2D eigenvalue weighted by atomic mass is 10.1. The average Bonchev–Trinajstić information content (AvgIpc) is 3.49. The van der Waals surface area contributed by atoms with Crippen LogP contribution >= 0.6 is 11.8 Å². The summed E-state index contributed by atoms with van der Waals surface area (Å²) in [5, 5.41) is 15.6. The minimum absolute atomic E-state index is 0.0123. The number of nitro benzene ring substituents is 1. The van der Waals surface area contributed by atoms with Crippen molar-refractivity contribution in [3.05, 3.63) is 64.7 Å². The predicted molar refractivity (Wildman–Crippen MR) is 120 cm³/mol. The lowest BCUT2D eigenvalue weighted by Crippen LogP contribution is -2.15. The molecule has 2 aromatic carbocycles. The highest BCUT2D eigenvalue weighted by Gasteiger charge is 2.17. The van der Waals surface area contributed by atoms with Crippen LogP contribution < -0.4 is 9.47 Å². The van der Waals surface area contributed by atoms with Crippen molar-refractivity contribution in [2.75, 3.05) is 13.2 Å². The van der Waals surface area contributed by atoms with E-state index in [1.807, 2.05) is 24.4 Å². The van der Waals surface area contributed by atoms with E-state index in [0.717, 1.165) is 34.5 Å². The van der Waals surface area contributed by atoms with Gasteiger partial charge in [-0.05, 0) is 37.3 Å². The molecule has 0 atom stereocenters. The van der Waals surface area contributed by atoms with E-state index in [1.54, 1.807) is 12.1 Å². The molecule has 2 aromatic heterocycles. The molecule has 0 aliphatic carbocycles. The number of fused-ring (bicyclic) bond motifs is 1. The number of thioether (sulfide) groups is 1. The van der Waals surface area contributed by atoms with Gasteiger partial charge >= 0.3 is 0 Å². The second-order valence-electron chi connectivity index (χ2n) is 7.13. The Morgan fingerprint density at radius 2 is 1.85 bits per heavy atom. The van der Waals surface area contributed by atoms with Crippen molar-refractivity contribution >= 4 is 17.4 Å². The van der Waals surface area contributed by atoms with Crippen LogP contribution in [0.3, 0.4) is 0 Å². The van der Waals surface area contributed by atoms with Crippen molar-refractivity contribution in [3.63, 3.8) is 0 Å². The number of aromatic nitrogens is 4. The summed E-state index contributed by atoms with van der Waals surface area (Å²) >= 11 is 1.49. The van der Waals surface area contributed by atoms with Gasteiger partial charge in [0.1, 0.15) is 13.2 Å². The SMILES string of the molecule is CCn1c(-c2ccc3c(c2)OCCO3)cnc1SCc1nc(-c2ccc([N+](=O)[O-])cc2)no1. The Hall–Kier alpha value is -3.86. The van der Waals surface area contributed by atoms with Gasteiger partial charge in [-0.1, -0.05) is 16.9 Å². The zero-order valence-corrected chi connectivity index (χ0v) is 18.4. The molecular weight excluding hydrogens is 446 g/mol. The summed E-state index contributed by atoms with van der Waals surface area (Å²) in [6.45, 7) is 3.90. The van der Waals surface area contributed by atoms with E-state index < -0.39 is 4.92 Å². The lowest BCUT2D eigenvalue weighted by molar-refractivity contribution is -0.384. The molecule has 0 unspecified atom stereocenters. The van der Waals surface area contributed by atoms with E-state index >= 15 is 0 Å². The minimum Gasteiger partial charge on any atom is -0.486 e. The van der Waals surface area contributed by atoms with Crippen LogP contribution in [0.1, 0.15) is 12.8 Å². The summed E-state index contributed by atoms with van der Waals surface area (Å²) < 4.78 is 18.8. The monoisotopic (exact) mass is 465 g/mol. The Morgan fingerprint density at radius 1 is 1.09 bits per heavy atom. The first-order chi connectivity index (χ1) is 16.1. The number of ether oxygens (including phenoxy) is 2. The van der Waals surface area contributed by atoms with Gasteiger partial charge in [0.05, 0.1) is 22.6 Å². The van der Waals surface area contributed by atoms with Gasteiger partial charge in [-0.3, -0.25) is 10.1 Å². The van der Waals surface area contributed by atoms with E-state index in [9.17, 15) is 10.1 Å². The second-order valence-corrected chi connectivity index (χ2v) is 8.08. The summed E-state index contributed by atoms with van der Waals surface area (Å²) in [4.78, 5) is 19.4. The van der Waals surface area contributed by atoms with Crippen molar-refractivity contribution in [1.29, 1.82) is 0 Å². The molecule has 1 aliphatic rings. The number of nitrogens with zero attached hydrogens (tertiary/aromatic N) is 5. The van der Waals surface area contributed by atoms with Crippen molar-refractivity contribution in [3.8, 4) is 34.1 Å². The summed E-state index contributed by atoms with van der Waals surface area (Å²) in [5.74, 6) is 2.76. The fourth-order valence-electron chi connectivity index (χ4n) is 3.50. The molecule has 5 rings (SSSR count). The largest absolute Gasteiger partial charge is 0.486 e. The molecule has 0 bridgehead atoms. The first-order valence-corrected chi connectivity index (χ1v) is 11.3. The fourth-order valence-corrected chi connectivity index (χ4v) is 4.38. The highest BCUT2D eigenvalue weighted by atomic mass is 32.2. The summed E-state index contributed by atoms with van der Waals surface area (Å²) in [6, 6.07) is 11.9. The van der Waals surface area contributed by atoms with Gasteiger partial charge in [0.25, 0.3) is 5.69 Å². The highest BCUT2D eigenvalue weighted by molar-refractivity contribution is 7.98. The molecule has 168 valence electrons. The molecule has 11 heteroatoms. The Bertz CT molecular complexity index is 1300. The number of hydrogen-bond donors (Lipinski definition) is 0. The number of benzene rings is 2. The first kappa shape index (κ1) is 21.0. The quantitative estimate of drug-likeness (QED) is 0.219. The Balaban J connectivity index is 1.31. The zero-order valence-electron chi connectivity index (χ0n) is 17.6. The topological polar surface area (TPSA) is 118 Å². The van der Waals surface area contributed by atoms with Crippen LogP contribution in [0.15, 0.2) is 58.3 Å². The van der Waals surface area contributed by atoms with Crippen molar-refractivity contribution in [2.45, 2.75) is 24.4 Å². The van der Waals surface area contributed by atoms with Crippen molar-refractivity contribution in [2.24, 2.45) is 0 Å². The molecule has 1 aliphatic heterocycles. The highest BCUT2D eigenvalue weighted by Crippen LogP contribution is 2.36. The third-order valence-electron chi connectivity index (χ3n) is 5.10. The molecule has 0 saturated heterocycles. The van der Waals surface area contributed by atoms with Gasteiger partial charge in [-0.15, -0.1) is 0 Å². The maximum atomic E-state index is 10.8. The Kier molecular flexibility index (Phi) is 5.69. The van der Waals surface area contributed by atoms with Crippen LogP contribution in [0.25, 0.3) is 22.6 Å². The summed E-state index contributed by atoms with van der Waals surface area (Å²) in [5.41, 5.74) is 2.64. The number of non-ortho nitro benzene ring substituents is 1. The smallest absolute Gasteiger partial charge is 0.269 e. The third kappa shape index (κ3) is 4.27. The van der Waals surface area contributed by atoms with Gasteiger partial charge < -0.3 is 18.6 Å². The molecule has 0 amide bonds. The Labute approximate surface area is 192 Å². The second kappa shape index (κ2) is 8.94. The number of imidazole rings is 1. The predicted octanol–water partition coefficient (Wildman–Crippen LogP) is 4.59. The molecule has 0 N–H and O–H groups in total. The van der Waals surface area contributed by atoms with Crippen molar-refractivity contribution in [1.82, 2.24) is 19.7 Å². The maximum Gasteiger partial charge on any atom is 0.269 e. The van der Waals surface area contributed by atoms with E-state index in [0.29, 0.717) is 36.2 Å². The van der Waals surface area contributed by atoms with E-state index in [1.165, 1.54) is 23.9 Å². The van der Waals surface area contributed by atoms with Crippen molar-refractivity contribution < 1.29 is 18.9 Å². The van der Waals surface area contributed by atoms with Gasteiger partial charge in [0, 0.05) is 29.8 Å². The van der Waals surface area contributed by atoms with E-state index in [-0.39, 0.29) is 5.69 Å². The third-order valence-corrected chi connectivity index (χ3v) is 6.08. The molecule has 33 heavy (non-hydrogen) atoms. The Morgan fingerprint density at radius 3 is 2.61 bits per heavy atom. The molecule has 3 heterocycles. The molecular formula is C22H19N5O5S. The molecule has 0 fully saturated rings. The van der Waals surface area contributed by atoms with E-state index in [2.05, 4.69) is 26.6 Å². The molecule has 0 saturated carbocycles. The number of nitro groups is 1. The van der Waals surface area contributed by atoms with Crippen LogP contribution in [0.2, 0.25) is 0 Å². The normalized spacial score (nSPS) is 12.6. The molecule has 10 nitrogen and oxygen atoms in total. The van der Waals surface area contributed by atoms with Crippen LogP contribution in [0.5, 0.6) is 11.5 Å². The molecule has 0 spiro atoms. The van der Waals surface area contributed by atoms with Crippen LogP contribution in [0, 0.1) is 10.1 Å². The van der Waals surface area contributed by atoms with Gasteiger partial charge in [-0.2, -0.15) is 4.98 Å². The fraction of sp³-hybridized carbons (Fsp3) is 0.227. The van der Waals surface area contributed by atoms with Crippen LogP contribution in [-0.2, 0) is 12.3 Å². The van der Waals surface area contributed by atoms with E-state index in [4.69, 9.17) is 14.0 Å². The standard InChI is InChI=1S/C22H19N5O5S/c1-2-26-17(15-5-8-18-19(11-15)31-10-9-30-18)12-23-22(26)33-13-20-24-21(25-32-20)14-3-6-16(7-4-14)27(28)29/h3-8,11-12H,2,9-10,13H2,1H3. The molecule has 4 aromatic rings. The zero-order chi connectivity index (χ0) is 22.8. The van der Waals surface area contributed by atoms with Gasteiger partial charge in [0.2, 0.25) is 11.7 Å².